The summed E-state index contributed by atoms with van der Waals surface area (Å²) in [5.74, 6) is 0. The van der Waals surface area contributed by atoms with Crippen molar-refractivity contribution in [3.05, 3.63) is 0 Å². The average molecular weight is 202 g/mol. The van der Waals surface area contributed by atoms with Crippen LogP contribution in [0, 0.1) is 0 Å². The second-order valence-electron chi connectivity index (χ2n) is 4.56. The van der Waals surface area contributed by atoms with Crippen molar-refractivity contribution in [3.8, 4) is 0 Å². The molecule has 1 aliphatic rings. The minimum atomic E-state index is -0.896. The zero-order valence-electron chi connectivity index (χ0n) is 9.20. The third-order valence-corrected chi connectivity index (χ3v) is 2.93. The maximum absolute atomic E-state index is 10.1. The Morgan fingerprint density at radius 1 is 1.21 bits per heavy atom. The predicted octanol–water partition coefficient (Wildman–Crippen LogP) is 1.47. The van der Waals surface area contributed by atoms with Crippen LogP contribution in [0.1, 0.15) is 46.0 Å². The first-order valence-corrected chi connectivity index (χ1v) is 5.56. The molecule has 84 valence electrons. The van der Waals surface area contributed by atoms with Crippen LogP contribution in [-0.4, -0.2) is 34.6 Å². The highest BCUT2D eigenvalue weighted by atomic mass is 16.5. The molecule has 0 bridgehead atoms. The second kappa shape index (κ2) is 5.10. The normalized spacial score (nSPS) is 23.8. The molecular weight excluding hydrogens is 180 g/mol. The maximum Gasteiger partial charge on any atom is 0.106 e. The molecule has 2 N–H and O–H groups in total. The Bertz CT molecular complexity index is 162. The zero-order chi connectivity index (χ0) is 10.6. The number of aliphatic hydroxyl groups is 2. The van der Waals surface area contributed by atoms with E-state index in [0.717, 1.165) is 12.8 Å². The van der Waals surface area contributed by atoms with Crippen LogP contribution in [0.15, 0.2) is 0 Å². The van der Waals surface area contributed by atoms with E-state index in [1.807, 2.05) is 13.8 Å². The molecule has 14 heavy (non-hydrogen) atoms. The van der Waals surface area contributed by atoms with Gasteiger partial charge in [0.1, 0.15) is 6.10 Å². The molecule has 0 aromatic heterocycles. The molecule has 1 fully saturated rings. The molecule has 1 atom stereocenters. The molecule has 1 saturated carbocycles. The van der Waals surface area contributed by atoms with Crippen LogP contribution in [0.4, 0.5) is 0 Å². The number of hydrogen-bond acceptors (Lipinski definition) is 3. The zero-order valence-corrected chi connectivity index (χ0v) is 9.20. The first kappa shape index (κ1) is 12.0. The van der Waals surface area contributed by atoms with E-state index >= 15 is 0 Å². The highest BCUT2D eigenvalue weighted by Crippen LogP contribution is 2.31. The van der Waals surface area contributed by atoms with Crippen molar-refractivity contribution in [1.82, 2.24) is 0 Å². The first-order valence-electron chi connectivity index (χ1n) is 5.56. The van der Waals surface area contributed by atoms with E-state index in [1.165, 1.54) is 6.42 Å². The molecule has 0 aromatic rings. The van der Waals surface area contributed by atoms with E-state index in [9.17, 15) is 10.2 Å². The van der Waals surface area contributed by atoms with Gasteiger partial charge in [-0.05, 0) is 26.7 Å². The Kier molecular flexibility index (Phi) is 4.35. The third kappa shape index (κ3) is 3.23. The molecule has 0 spiro atoms. The molecule has 0 amide bonds. The largest absolute Gasteiger partial charge is 0.388 e. The van der Waals surface area contributed by atoms with Crippen LogP contribution >= 0.6 is 0 Å². The van der Waals surface area contributed by atoms with Crippen molar-refractivity contribution >= 4 is 0 Å². The minimum Gasteiger partial charge on any atom is -0.388 e. The van der Waals surface area contributed by atoms with Crippen molar-refractivity contribution in [2.75, 3.05) is 6.61 Å². The van der Waals surface area contributed by atoms with Crippen molar-refractivity contribution in [2.24, 2.45) is 0 Å². The van der Waals surface area contributed by atoms with Gasteiger partial charge >= 0.3 is 0 Å². The predicted molar refractivity (Wildman–Crippen MR) is 55.1 cm³/mol. The van der Waals surface area contributed by atoms with Gasteiger partial charge in [0.25, 0.3) is 0 Å². The lowest BCUT2D eigenvalue weighted by atomic mass is 9.81. The van der Waals surface area contributed by atoms with Gasteiger partial charge < -0.3 is 14.9 Å². The van der Waals surface area contributed by atoms with E-state index < -0.39 is 11.7 Å². The van der Waals surface area contributed by atoms with Gasteiger partial charge in [0.15, 0.2) is 0 Å². The van der Waals surface area contributed by atoms with E-state index in [1.54, 1.807) is 0 Å². The molecule has 0 saturated heterocycles. The topological polar surface area (TPSA) is 49.7 Å². The molecule has 0 radical (unpaired) electrons. The van der Waals surface area contributed by atoms with E-state index in [2.05, 4.69) is 0 Å². The van der Waals surface area contributed by atoms with Crippen LogP contribution < -0.4 is 0 Å². The summed E-state index contributed by atoms with van der Waals surface area (Å²) in [7, 11) is 0. The Morgan fingerprint density at radius 3 is 2.29 bits per heavy atom. The molecule has 1 rings (SSSR count). The molecule has 0 aromatic carbocycles. The van der Waals surface area contributed by atoms with E-state index in [-0.39, 0.29) is 12.7 Å². The summed E-state index contributed by atoms with van der Waals surface area (Å²) in [6.07, 6.45) is 3.97. The summed E-state index contributed by atoms with van der Waals surface area (Å²) in [5, 5.41) is 19.9. The molecule has 3 heteroatoms. The van der Waals surface area contributed by atoms with Crippen LogP contribution in [0.2, 0.25) is 0 Å². The van der Waals surface area contributed by atoms with Crippen LogP contribution in [-0.2, 0) is 4.74 Å². The molecular formula is C11H22O3. The molecule has 0 aliphatic heterocycles. The van der Waals surface area contributed by atoms with E-state index in [4.69, 9.17) is 4.74 Å². The Hall–Kier alpha value is -0.120. The molecule has 3 nitrogen and oxygen atoms in total. The van der Waals surface area contributed by atoms with Gasteiger partial charge in [0.05, 0.1) is 18.3 Å². The second-order valence-corrected chi connectivity index (χ2v) is 4.56. The van der Waals surface area contributed by atoms with Crippen molar-refractivity contribution in [1.29, 1.82) is 0 Å². The summed E-state index contributed by atoms with van der Waals surface area (Å²) in [6, 6.07) is 0. The van der Waals surface area contributed by atoms with E-state index in [0.29, 0.717) is 12.8 Å². The summed E-state index contributed by atoms with van der Waals surface area (Å²) >= 11 is 0. The monoisotopic (exact) mass is 202 g/mol. The van der Waals surface area contributed by atoms with Gasteiger partial charge in [-0.3, -0.25) is 0 Å². The fourth-order valence-corrected chi connectivity index (χ4v) is 1.94. The Morgan fingerprint density at radius 2 is 1.79 bits per heavy atom. The number of ether oxygens (including phenoxy) is 1. The van der Waals surface area contributed by atoms with Crippen molar-refractivity contribution in [2.45, 2.75) is 63.8 Å². The van der Waals surface area contributed by atoms with Crippen LogP contribution in [0.3, 0.4) is 0 Å². The summed E-state index contributed by atoms with van der Waals surface area (Å²) < 4.78 is 5.31. The van der Waals surface area contributed by atoms with Crippen molar-refractivity contribution in [3.63, 3.8) is 0 Å². The molecule has 1 aliphatic carbocycles. The summed E-state index contributed by atoms with van der Waals surface area (Å²) in [5.41, 5.74) is -0.896. The summed E-state index contributed by atoms with van der Waals surface area (Å²) in [4.78, 5) is 0. The SMILES string of the molecule is CC(C)OCC(O)C1(O)CCCCC1. The number of rotatable bonds is 4. The third-order valence-electron chi connectivity index (χ3n) is 2.93. The highest BCUT2D eigenvalue weighted by molar-refractivity contribution is 4.89. The van der Waals surface area contributed by atoms with Gasteiger partial charge in [0.2, 0.25) is 0 Å². The van der Waals surface area contributed by atoms with Gasteiger partial charge in [-0.1, -0.05) is 19.3 Å². The van der Waals surface area contributed by atoms with Gasteiger partial charge in [-0.25, -0.2) is 0 Å². The Labute approximate surface area is 86.1 Å². The molecule has 1 unspecified atom stereocenters. The quantitative estimate of drug-likeness (QED) is 0.725. The van der Waals surface area contributed by atoms with Crippen LogP contribution in [0.25, 0.3) is 0 Å². The highest BCUT2D eigenvalue weighted by Gasteiger charge is 2.36. The maximum atomic E-state index is 10.1. The van der Waals surface area contributed by atoms with Gasteiger partial charge in [-0.15, -0.1) is 0 Å². The number of hydrogen-bond donors (Lipinski definition) is 2. The van der Waals surface area contributed by atoms with Crippen LogP contribution in [0.5, 0.6) is 0 Å². The lowest BCUT2D eigenvalue weighted by Gasteiger charge is -2.36. The average Bonchev–Trinajstić information content (AvgIpc) is 2.15. The van der Waals surface area contributed by atoms with Gasteiger partial charge in [0, 0.05) is 0 Å². The standard InChI is InChI=1S/C11H22O3/c1-9(2)14-8-10(12)11(13)6-4-3-5-7-11/h9-10,12-13H,3-8H2,1-2H3. The van der Waals surface area contributed by atoms with Gasteiger partial charge in [-0.2, -0.15) is 0 Å². The lowest BCUT2D eigenvalue weighted by Crippen LogP contribution is -2.46. The first-order chi connectivity index (χ1) is 6.54. The summed E-state index contributed by atoms with van der Waals surface area (Å²) in [6.45, 7) is 4.10. The minimum absolute atomic E-state index is 0.108. The lowest BCUT2D eigenvalue weighted by molar-refractivity contribution is -0.129. The number of aliphatic hydroxyl groups excluding tert-OH is 1. The smallest absolute Gasteiger partial charge is 0.106 e. The molecule has 0 heterocycles. The fraction of sp³-hybridized carbons (Fsp3) is 1.00. The Balaban J connectivity index is 2.36. The fourth-order valence-electron chi connectivity index (χ4n) is 1.94. The van der Waals surface area contributed by atoms with Crippen molar-refractivity contribution < 1.29 is 14.9 Å².